The van der Waals surface area contributed by atoms with Crippen LogP contribution < -0.4 is 10.6 Å². The first-order valence-corrected chi connectivity index (χ1v) is 5.60. The normalized spacial score (nSPS) is 19.7. The fraction of sp³-hybridized carbons (Fsp3) is 0.500. The molecule has 2 N–H and O–H groups in total. The smallest absolute Gasteiger partial charge is 0.225 e. The lowest BCUT2D eigenvalue weighted by Crippen LogP contribution is -2.18. The van der Waals surface area contributed by atoms with Gasteiger partial charge in [-0.3, -0.25) is 4.79 Å². The lowest BCUT2D eigenvalue weighted by molar-refractivity contribution is -0.117. The quantitative estimate of drug-likeness (QED) is 0.776. The molecule has 1 aromatic heterocycles. The minimum atomic E-state index is -0.0246. The highest BCUT2D eigenvalue weighted by molar-refractivity contribution is 6.29. The molecule has 0 spiro atoms. The minimum Gasteiger partial charge on any atom is -0.316 e. The zero-order valence-corrected chi connectivity index (χ0v) is 9.50. The van der Waals surface area contributed by atoms with E-state index in [4.69, 9.17) is 11.6 Å². The molecule has 1 unspecified atom stereocenters. The molecule has 1 saturated heterocycles. The second-order valence-electron chi connectivity index (χ2n) is 3.84. The molecule has 0 aliphatic carbocycles. The van der Waals surface area contributed by atoms with Gasteiger partial charge in [0.05, 0.1) is 0 Å². The first kappa shape index (κ1) is 11.3. The Morgan fingerprint density at radius 2 is 2.50 bits per heavy atom. The minimum absolute atomic E-state index is 0.0246. The number of aromatic nitrogens is 2. The molecule has 2 heterocycles. The van der Waals surface area contributed by atoms with Crippen molar-refractivity contribution in [2.45, 2.75) is 12.8 Å². The molecule has 2 rings (SSSR count). The van der Waals surface area contributed by atoms with Crippen LogP contribution in [0.3, 0.4) is 0 Å². The second-order valence-corrected chi connectivity index (χ2v) is 4.22. The Bertz CT molecular complexity index is 379. The summed E-state index contributed by atoms with van der Waals surface area (Å²) in [6.07, 6.45) is 2.90. The molecule has 6 heteroatoms. The maximum atomic E-state index is 11.6. The van der Waals surface area contributed by atoms with E-state index in [2.05, 4.69) is 20.6 Å². The summed E-state index contributed by atoms with van der Waals surface area (Å²) in [6, 6.07) is 1.53. The SMILES string of the molecule is O=C(CC1CCNC1)Nc1cc(Cl)ncn1. The topological polar surface area (TPSA) is 66.9 Å². The van der Waals surface area contributed by atoms with Crippen LogP contribution in [-0.2, 0) is 4.79 Å². The molecule has 1 atom stereocenters. The monoisotopic (exact) mass is 240 g/mol. The van der Waals surface area contributed by atoms with Crippen LogP contribution in [0, 0.1) is 5.92 Å². The van der Waals surface area contributed by atoms with Crippen molar-refractivity contribution >= 4 is 23.3 Å². The van der Waals surface area contributed by atoms with E-state index in [1.807, 2.05) is 0 Å². The maximum absolute atomic E-state index is 11.6. The van der Waals surface area contributed by atoms with E-state index in [1.54, 1.807) is 0 Å². The van der Waals surface area contributed by atoms with Crippen LogP contribution in [0.2, 0.25) is 5.15 Å². The van der Waals surface area contributed by atoms with Crippen molar-refractivity contribution < 1.29 is 4.79 Å². The average Bonchev–Trinajstić information content (AvgIpc) is 2.70. The van der Waals surface area contributed by atoms with Crippen LogP contribution in [0.4, 0.5) is 5.82 Å². The van der Waals surface area contributed by atoms with Crippen LogP contribution in [0.25, 0.3) is 0 Å². The van der Waals surface area contributed by atoms with Crippen LogP contribution in [0.5, 0.6) is 0 Å². The molecule has 0 bridgehead atoms. The molecule has 0 saturated carbocycles. The van der Waals surface area contributed by atoms with Gasteiger partial charge in [-0.15, -0.1) is 0 Å². The number of anilines is 1. The largest absolute Gasteiger partial charge is 0.316 e. The molecule has 0 radical (unpaired) electrons. The van der Waals surface area contributed by atoms with Gasteiger partial charge in [0.15, 0.2) is 0 Å². The number of nitrogens with zero attached hydrogens (tertiary/aromatic N) is 2. The molecule has 86 valence electrons. The van der Waals surface area contributed by atoms with Crippen molar-refractivity contribution in [3.8, 4) is 0 Å². The van der Waals surface area contributed by atoms with E-state index in [-0.39, 0.29) is 5.91 Å². The third kappa shape index (κ3) is 3.15. The Hall–Kier alpha value is -1.20. The van der Waals surface area contributed by atoms with Gasteiger partial charge in [0.2, 0.25) is 5.91 Å². The Morgan fingerprint density at radius 3 is 3.19 bits per heavy atom. The van der Waals surface area contributed by atoms with Gasteiger partial charge in [0.25, 0.3) is 0 Å². The van der Waals surface area contributed by atoms with Crippen molar-refractivity contribution in [1.82, 2.24) is 15.3 Å². The standard InChI is InChI=1S/C10H13ClN4O/c11-8-4-9(14-6-13-8)15-10(16)3-7-1-2-12-5-7/h4,6-7,12H,1-3,5H2,(H,13,14,15,16). The summed E-state index contributed by atoms with van der Waals surface area (Å²) >= 11 is 5.69. The summed E-state index contributed by atoms with van der Waals surface area (Å²) in [5, 5.41) is 6.26. The number of hydrogen-bond donors (Lipinski definition) is 2. The lowest BCUT2D eigenvalue weighted by atomic mass is 10.0. The molecule has 5 nitrogen and oxygen atoms in total. The summed E-state index contributed by atoms with van der Waals surface area (Å²) in [4.78, 5) is 19.3. The summed E-state index contributed by atoms with van der Waals surface area (Å²) in [6.45, 7) is 1.91. The number of hydrogen-bond acceptors (Lipinski definition) is 4. The molecule has 16 heavy (non-hydrogen) atoms. The van der Waals surface area contributed by atoms with Gasteiger partial charge in [0, 0.05) is 12.5 Å². The van der Waals surface area contributed by atoms with E-state index < -0.39 is 0 Å². The molecule has 0 aromatic carbocycles. The molecule has 1 aliphatic rings. The number of carbonyl (C=O) groups is 1. The Balaban J connectivity index is 1.86. The molecular formula is C10H13ClN4O. The summed E-state index contributed by atoms with van der Waals surface area (Å²) in [5.41, 5.74) is 0. The fourth-order valence-corrected chi connectivity index (χ4v) is 1.89. The predicted molar refractivity (Wildman–Crippen MR) is 61.3 cm³/mol. The third-order valence-electron chi connectivity index (χ3n) is 2.54. The van der Waals surface area contributed by atoms with E-state index in [0.29, 0.717) is 23.3 Å². The van der Waals surface area contributed by atoms with Crippen LogP contribution in [-0.4, -0.2) is 29.0 Å². The predicted octanol–water partition coefficient (Wildman–Crippen LogP) is 1.07. The Kier molecular flexibility index (Phi) is 3.69. The lowest BCUT2D eigenvalue weighted by Gasteiger charge is -2.08. The van der Waals surface area contributed by atoms with E-state index in [9.17, 15) is 4.79 Å². The summed E-state index contributed by atoms with van der Waals surface area (Å²) in [5.74, 6) is 0.858. The van der Waals surface area contributed by atoms with Crippen molar-refractivity contribution in [2.24, 2.45) is 5.92 Å². The van der Waals surface area contributed by atoms with Gasteiger partial charge in [-0.05, 0) is 25.4 Å². The van der Waals surface area contributed by atoms with Gasteiger partial charge in [0.1, 0.15) is 17.3 Å². The third-order valence-corrected chi connectivity index (χ3v) is 2.74. The first-order chi connectivity index (χ1) is 7.74. The highest BCUT2D eigenvalue weighted by atomic mass is 35.5. The fourth-order valence-electron chi connectivity index (χ4n) is 1.75. The van der Waals surface area contributed by atoms with Gasteiger partial charge >= 0.3 is 0 Å². The zero-order chi connectivity index (χ0) is 11.4. The van der Waals surface area contributed by atoms with Gasteiger partial charge < -0.3 is 10.6 Å². The average molecular weight is 241 g/mol. The van der Waals surface area contributed by atoms with Crippen LogP contribution in [0.1, 0.15) is 12.8 Å². The number of amides is 1. The van der Waals surface area contributed by atoms with Gasteiger partial charge in [-0.1, -0.05) is 11.6 Å². The maximum Gasteiger partial charge on any atom is 0.225 e. The molecule has 1 fully saturated rings. The van der Waals surface area contributed by atoms with Crippen molar-refractivity contribution in [1.29, 1.82) is 0 Å². The zero-order valence-electron chi connectivity index (χ0n) is 8.74. The van der Waals surface area contributed by atoms with Crippen molar-refractivity contribution in [3.05, 3.63) is 17.5 Å². The van der Waals surface area contributed by atoms with Crippen molar-refractivity contribution in [3.63, 3.8) is 0 Å². The van der Waals surface area contributed by atoms with E-state index in [0.717, 1.165) is 19.5 Å². The van der Waals surface area contributed by atoms with Crippen LogP contribution >= 0.6 is 11.6 Å². The number of rotatable bonds is 3. The van der Waals surface area contributed by atoms with E-state index in [1.165, 1.54) is 12.4 Å². The first-order valence-electron chi connectivity index (χ1n) is 5.22. The van der Waals surface area contributed by atoms with Gasteiger partial charge in [-0.2, -0.15) is 0 Å². The van der Waals surface area contributed by atoms with Crippen molar-refractivity contribution in [2.75, 3.05) is 18.4 Å². The van der Waals surface area contributed by atoms with Crippen LogP contribution in [0.15, 0.2) is 12.4 Å². The summed E-state index contributed by atoms with van der Waals surface area (Å²) < 4.78 is 0. The van der Waals surface area contributed by atoms with E-state index >= 15 is 0 Å². The molecule has 1 amide bonds. The van der Waals surface area contributed by atoms with Gasteiger partial charge in [-0.25, -0.2) is 9.97 Å². The Morgan fingerprint density at radius 1 is 1.62 bits per heavy atom. The number of halogens is 1. The second kappa shape index (κ2) is 5.23. The summed E-state index contributed by atoms with van der Waals surface area (Å²) in [7, 11) is 0. The Labute approximate surface area is 98.6 Å². The molecular weight excluding hydrogens is 228 g/mol. The number of carbonyl (C=O) groups excluding carboxylic acids is 1. The molecule has 1 aromatic rings. The molecule has 1 aliphatic heterocycles. The highest BCUT2D eigenvalue weighted by Crippen LogP contribution is 2.14. The highest BCUT2D eigenvalue weighted by Gasteiger charge is 2.18. The number of nitrogens with one attached hydrogen (secondary N) is 2.